The molecule has 0 heterocycles. The molecule has 2 aromatic carbocycles. The van der Waals surface area contributed by atoms with E-state index in [1.807, 2.05) is 31.2 Å². The number of phenolic OH excluding ortho intramolecular Hbond substituents is 1. The molecule has 110 valence electrons. The van der Waals surface area contributed by atoms with Crippen molar-refractivity contribution in [1.29, 1.82) is 0 Å². The molecule has 1 N–H and O–H groups in total. The lowest BCUT2D eigenvalue weighted by Crippen LogP contribution is -2.26. The summed E-state index contributed by atoms with van der Waals surface area (Å²) < 4.78 is 5.02. The van der Waals surface area contributed by atoms with Gasteiger partial charge in [0.2, 0.25) is 0 Å². The maximum atomic E-state index is 12.4. The highest BCUT2D eigenvalue weighted by atomic mass is 16.5. The molecule has 2 aromatic rings. The molecule has 0 aliphatic heterocycles. The number of amides is 1. The molecule has 0 aromatic heterocycles. The van der Waals surface area contributed by atoms with Gasteiger partial charge in [-0.2, -0.15) is 0 Å². The van der Waals surface area contributed by atoms with E-state index in [0.717, 1.165) is 11.1 Å². The third-order valence-corrected chi connectivity index (χ3v) is 3.45. The van der Waals surface area contributed by atoms with Gasteiger partial charge in [0.15, 0.2) is 0 Å². The van der Waals surface area contributed by atoms with Gasteiger partial charge in [-0.25, -0.2) is 0 Å². The molecular weight excluding hydrogens is 266 g/mol. The van der Waals surface area contributed by atoms with Crippen molar-refractivity contribution in [3.63, 3.8) is 0 Å². The van der Waals surface area contributed by atoms with Crippen LogP contribution < -0.4 is 4.74 Å². The van der Waals surface area contributed by atoms with Crippen LogP contribution >= 0.6 is 0 Å². The van der Waals surface area contributed by atoms with Crippen LogP contribution in [0, 0.1) is 6.92 Å². The first-order valence-corrected chi connectivity index (χ1v) is 6.70. The van der Waals surface area contributed by atoms with Gasteiger partial charge >= 0.3 is 0 Å². The Hall–Kier alpha value is -2.49. The van der Waals surface area contributed by atoms with Crippen LogP contribution in [0.1, 0.15) is 21.5 Å². The van der Waals surface area contributed by atoms with Crippen LogP contribution in [0.15, 0.2) is 42.5 Å². The second-order valence-corrected chi connectivity index (χ2v) is 4.97. The van der Waals surface area contributed by atoms with Crippen LogP contribution in [-0.2, 0) is 6.54 Å². The zero-order valence-electron chi connectivity index (χ0n) is 12.5. The lowest BCUT2D eigenvalue weighted by Gasteiger charge is -2.19. The number of aromatic hydroxyl groups is 1. The molecule has 4 nitrogen and oxygen atoms in total. The average Bonchev–Trinajstić information content (AvgIpc) is 2.48. The fourth-order valence-electron chi connectivity index (χ4n) is 2.14. The molecule has 0 unspecified atom stereocenters. The number of hydrogen-bond donors (Lipinski definition) is 1. The minimum atomic E-state index is -0.224. The van der Waals surface area contributed by atoms with Crippen LogP contribution in [-0.4, -0.2) is 30.1 Å². The van der Waals surface area contributed by atoms with E-state index < -0.39 is 0 Å². The molecule has 0 radical (unpaired) electrons. The van der Waals surface area contributed by atoms with Crippen molar-refractivity contribution in [2.45, 2.75) is 13.5 Å². The Bertz CT molecular complexity index is 652. The fraction of sp³-hybridized carbons (Fsp3) is 0.235. The number of aryl methyl sites for hydroxylation is 1. The number of carbonyl (C=O) groups is 1. The Morgan fingerprint density at radius 3 is 2.57 bits per heavy atom. The molecule has 21 heavy (non-hydrogen) atoms. The van der Waals surface area contributed by atoms with Gasteiger partial charge in [0.1, 0.15) is 11.5 Å². The SMILES string of the molecule is COc1ccc(C(=O)N(C)Cc2ccccc2C)c(O)c1. The lowest BCUT2D eigenvalue weighted by atomic mass is 10.1. The average molecular weight is 285 g/mol. The first kappa shape index (κ1) is 14.9. The van der Waals surface area contributed by atoms with E-state index in [1.165, 1.54) is 13.2 Å². The van der Waals surface area contributed by atoms with Gasteiger partial charge in [-0.1, -0.05) is 24.3 Å². The van der Waals surface area contributed by atoms with Crippen molar-refractivity contribution in [3.05, 3.63) is 59.2 Å². The number of benzene rings is 2. The van der Waals surface area contributed by atoms with Gasteiger partial charge in [-0.05, 0) is 30.2 Å². The molecule has 0 saturated heterocycles. The summed E-state index contributed by atoms with van der Waals surface area (Å²) in [6, 6.07) is 12.6. The smallest absolute Gasteiger partial charge is 0.257 e. The van der Waals surface area contributed by atoms with Crippen molar-refractivity contribution in [2.75, 3.05) is 14.2 Å². The van der Waals surface area contributed by atoms with Gasteiger partial charge in [-0.15, -0.1) is 0 Å². The van der Waals surface area contributed by atoms with Crippen LogP contribution in [0.5, 0.6) is 11.5 Å². The highest BCUT2D eigenvalue weighted by Crippen LogP contribution is 2.25. The number of phenols is 1. The number of hydrogen-bond acceptors (Lipinski definition) is 3. The van der Waals surface area contributed by atoms with Crippen LogP contribution in [0.2, 0.25) is 0 Å². The molecule has 2 rings (SSSR count). The van der Waals surface area contributed by atoms with E-state index >= 15 is 0 Å². The molecule has 0 spiro atoms. The first-order valence-electron chi connectivity index (χ1n) is 6.70. The Balaban J connectivity index is 2.18. The summed E-state index contributed by atoms with van der Waals surface area (Å²) in [4.78, 5) is 14.0. The molecule has 1 amide bonds. The summed E-state index contributed by atoms with van der Waals surface area (Å²) in [6.07, 6.45) is 0. The van der Waals surface area contributed by atoms with Crippen molar-refractivity contribution >= 4 is 5.91 Å². The molecule has 0 aliphatic rings. The number of rotatable bonds is 4. The monoisotopic (exact) mass is 285 g/mol. The number of carbonyl (C=O) groups excluding carboxylic acids is 1. The summed E-state index contributed by atoms with van der Waals surface area (Å²) in [5, 5.41) is 9.93. The molecular formula is C17H19NO3. The Labute approximate surface area is 124 Å². The minimum absolute atomic E-state index is 0.0732. The Morgan fingerprint density at radius 1 is 1.24 bits per heavy atom. The van der Waals surface area contributed by atoms with Crippen molar-refractivity contribution in [3.8, 4) is 11.5 Å². The summed E-state index contributed by atoms with van der Waals surface area (Å²) in [6.45, 7) is 2.51. The summed E-state index contributed by atoms with van der Waals surface area (Å²) in [7, 11) is 3.24. The van der Waals surface area contributed by atoms with E-state index in [1.54, 1.807) is 24.1 Å². The fourth-order valence-corrected chi connectivity index (χ4v) is 2.14. The maximum absolute atomic E-state index is 12.4. The van der Waals surface area contributed by atoms with Gasteiger partial charge in [-0.3, -0.25) is 4.79 Å². The highest BCUT2D eigenvalue weighted by Gasteiger charge is 2.17. The molecule has 0 bridgehead atoms. The minimum Gasteiger partial charge on any atom is -0.507 e. The van der Waals surface area contributed by atoms with Crippen LogP contribution in [0.25, 0.3) is 0 Å². The maximum Gasteiger partial charge on any atom is 0.257 e. The summed E-state index contributed by atoms with van der Waals surface area (Å²) in [5.41, 5.74) is 2.49. The van der Waals surface area contributed by atoms with E-state index in [4.69, 9.17) is 4.74 Å². The Morgan fingerprint density at radius 2 is 1.95 bits per heavy atom. The third-order valence-electron chi connectivity index (χ3n) is 3.45. The van der Waals surface area contributed by atoms with Gasteiger partial charge in [0, 0.05) is 19.7 Å². The molecule has 0 atom stereocenters. The lowest BCUT2D eigenvalue weighted by molar-refractivity contribution is 0.0782. The summed E-state index contributed by atoms with van der Waals surface area (Å²) in [5.74, 6) is 0.222. The van der Waals surface area contributed by atoms with E-state index in [0.29, 0.717) is 12.3 Å². The topological polar surface area (TPSA) is 49.8 Å². The van der Waals surface area contributed by atoms with E-state index in [-0.39, 0.29) is 17.2 Å². The normalized spacial score (nSPS) is 10.2. The van der Waals surface area contributed by atoms with E-state index in [9.17, 15) is 9.90 Å². The quantitative estimate of drug-likeness (QED) is 0.939. The molecule has 0 aliphatic carbocycles. The second kappa shape index (κ2) is 6.31. The predicted octanol–water partition coefficient (Wildman–Crippen LogP) is 2.98. The van der Waals surface area contributed by atoms with E-state index in [2.05, 4.69) is 0 Å². The van der Waals surface area contributed by atoms with Crippen LogP contribution in [0.4, 0.5) is 0 Å². The van der Waals surface area contributed by atoms with Crippen molar-refractivity contribution in [2.24, 2.45) is 0 Å². The number of ether oxygens (including phenoxy) is 1. The van der Waals surface area contributed by atoms with Gasteiger partial charge in [0.05, 0.1) is 12.7 Å². The van der Waals surface area contributed by atoms with Crippen LogP contribution in [0.3, 0.4) is 0 Å². The number of nitrogens with zero attached hydrogens (tertiary/aromatic N) is 1. The molecule has 0 fully saturated rings. The predicted molar refractivity (Wildman–Crippen MR) is 81.6 cm³/mol. The largest absolute Gasteiger partial charge is 0.507 e. The highest BCUT2D eigenvalue weighted by molar-refractivity contribution is 5.96. The Kier molecular flexibility index (Phi) is 4.48. The zero-order valence-corrected chi connectivity index (χ0v) is 12.5. The van der Waals surface area contributed by atoms with Crippen molar-refractivity contribution < 1.29 is 14.6 Å². The van der Waals surface area contributed by atoms with Gasteiger partial charge < -0.3 is 14.7 Å². The zero-order chi connectivity index (χ0) is 15.4. The first-order chi connectivity index (χ1) is 10.0. The third kappa shape index (κ3) is 3.34. The standard InChI is InChI=1S/C17H19NO3/c1-12-6-4-5-7-13(12)11-18(2)17(20)15-9-8-14(21-3)10-16(15)19/h4-10,19H,11H2,1-3H3. The molecule has 4 heteroatoms. The van der Waals surface area contributed by atoms with Crippen molar-refractivity contribution in [1.82, 2.24) is 4.90 Å². The molecule has 0 saturated carbocycles. The number of methoxy groups -OCH3 is 1. The second-order valence-electron chi connectivity index (χ2n) is 4.97. The van der Waals surface area contributed by atoms with Gasteiger partial charge in [0.25, 0.3) is 5.91 Å². The summed E-state index contributed by atoms with van der Waals surface area (Å²) >= 11 is 0.